The number of hydrogen-bond acceptors (Lipinski definition) is 2. The van der Waals surface area contributed by atoms with Gasteiger partial charge < -0.3 is 11.1 Å². The van der Waals surface area contributed by atoms with Crippen LogP contribution in [0, 0.1) is 23.7 Å². The average molecular weight is 250 g/mol. The second-order valence-electron chi connectivity index (χ2n) is 7.06. The molecule has 102 valence electrons. The lowest BCUT2D eigenvalue weighted by Gasteiger charge is -2.32. The molecule has 0 aromatic heterocycles. The second-order valence-corrected chi connectivity index (χ2v) is 7.06. The normalized spacial score (nSPS) is 47.2. The highest BCUT2D eigenvalue weighted by atomic mass is 16.1. The minimum atomic E-state index is 0.169. The Morgan fingerprint density at radius 2 is 1.94 bits per heavy atom. The van der Waals surface area contributed by atoms with Gasteiger partial charge in [-0.2, -0.15) is 0 Å². The van der Waals surface area contributed by atoms with E-state index in [4.69, 9.17) is 5.73 Å². The van der Waals surface area contributed by atoms with Crippen LogP contribution >= 0.6 is 0 Å². The predicted octanol–water partition coefficient (Wildman–Crippen LogP) is 2.05. The number of nitrogens with two attached hydrogens (primary N) is 1. The molecule has 3 aliphatic rings. The van der Waals surface area contributed by atoms with Gasteiger partial charge in [0.25, 0.3) is 0 Å². The summed E-state index contributed by atoms with van der Waals surface area (Å²) in [7, 11) is 0. The Hall–Kier alpha value is -0.570. The number of hydrogen-bond donors (Lipinski definition) is 2. The molecular weight excluding hydrogens is 224 g/mol. The van der Waals surface area contributed by atoms with Crippen molar-refractivity contribution in [3.8, 4) is 0 Å². The van der Waals surface area contributed by atoms with E-state index in [0.29, 0.717) is 12.0 Å². The second kappa shape index (κ2) is 4.84. The largest absolute Gasteiger partial charge is 0.353 e. The molecule has 0 radical (unpaired) electrons. The van der Waals surface area contributed by atoms with E-state index in [0.717, 1.165) is 31.1 Å². The first-order valence-electron chi connectivity index (χ1n) is 7.67. The molecular formula is C15H26N2O. The molecule has 3 rings (SSSR count). The maximum atomic E-state index is 12.4. The van der Waals surface area contributed by atoms with Crippen molar-refractivity contribution in [2.24, 2.45) is 29.4 Å². The van der Waals surface area contributed by atoms with Gasteiger partial charge in [0.2, 0.25) is 5.91 Å². The van der Waals surface area contributed by atoms with Gasteiger partial charge in [-0.05, 0) is 56.3 Å². The van der Waals surface area contributed by atoms with E-state index in [-0.39, 0.29) is 17.9 Å². The molecule has 3 fully saturated rings. The molecule has 1 amide bonds. The first-order chi connectivity index (χ1) is 8.61. The zero-order chi connectivity index (χ0) is 12.7. The van der Waals surface area contributed by atoms with E-state index < -0.39 is 0 Å². The number of rotatable bonds is 2. The van der Waals surface area contributed by atoms with Crippen LogP contribution in [-0.4, -0.2) is 18.0 Å². The zero-order valence-corrected chi connectivity index (χ0v) is 11.4. The number of carbonyl (C=O) groups excluding carboxylic acids is 1. The summed E-state index contributed by atoms with van der Waals surface area (Å²) in [4.78, 5) is 12.4. The Labute approximate surface area is 110 Å². The van der Waals surface area contributed by atoms with Crippen LogP contribution in [0.2, 0.25) is 0 Å². The molecule has 0 saturated heterocycles. The lowest BCUT2D eigenvalue weighted by Crippen LogP contribution is -2.45. The van der Waals surface area contributed by atoms with Gasteiger partial charge in [-0.1, -0.05) is 13.3 Å². The van der Waals surface area contributed by atoms with Crippen LogP contribution in [0.25, 0.3) is 0 Å². The van der Waals surface area contributed by atoms with E-state index in [1.165, 1.54) is 25.7 Å². The molecule has 0 aliphatic heterocycles. The van der Waals surface area contributed by atoms with E-state index in [1.807, 2.05) is 0 Å². The van der Waals surface area contributed by atoms with Gasteiger partial charge >= 0.3 is 0 Å². The predicted molar refractivity (Wildman–Crippen MR) is 71.9 cm³/mol. The van der Waals surface area contributed by atoms with E-state index in [2.05, 4.69) is 12.2 Å². The minimum absolute atomic E-state index is 0.169. The highest BCUT2D eigenvalue weighted by Crippen LogP contribution is 2.44. The Morgan fingerprint density at radius 3 is 2.56 bits per heavy atom. The highest BCUT2D eigenvalue weighted by molar-refractivity contribution is 5.79. The fraction of sp³-hybridized carbons (Fsp3) is 0.933. The molecule has 3 heteroatoms. The third-order valence-electron chi connectivity index (χ3n) is 5.42. The Morgan fingerprint density at radius 1 is 1.11 bits per heavy atom. The molecule has 6 atom stereocenters. The molecule has 0 heterocycles. The van der Waals surface area contributed by atoms with Crippen molar-refractivity contribution >= 4 is 5.91 Å². The lowest BCUT2D eigenvalue weighted by molar-refractivity contribution is -0.127. The van der Waals surface area contributed by atoms with Crippen LogP contribution in [0.4, 0.5) is 0 Å². The zero-order valence-electron chi connectivity index (χ0n) is 11.4. The summed E-state index contributed by atoms with van der Waals surface area (Å²) < 4.78 is 0. The van der Waals surface area contributed by atoms with Crippen molar-refractivity contribution in [3.63, 3.8) is 0 Å². The Bertz CT molecular complexity index is 320. The van der Waals surface area contributed by atoms with Gasteiger partial charge in [0.1, 0.15) is 0 Å². The Kier molecular flexibility index (Phi) is 3.35. The summed E-state index contributed by atoms with van der Waals surface area (Å²) in [5, 5.41) is 3.33. The van der Waals surface area contributed by atoms with E-state index in [9.17, 15) is 4.79 Å². The van der Waals surface area contributed by atoms with Crippen LogP contribution in [-0.2, 0) is 4.79 Å². The monoisotopic (exact) mass is 250 g/mol. The molecule has 3 aliphatic carbocycles. The third-order valence-corrected chi connectivity index (χ3v) is 5.42. The van der Waals surface area contributed by atoms with E-state index in [1.54, 1.807) is 0 Å². The number of nitrogens with one attached hydrogen (secondary N) is 1. The van der Waals surface area contributed by atoms with Crippen molar-refractivity contribution < 1.29 is 4.79 Å². The first kappa shape index (κ1) is 12.5. The maximum Gasteiger partial charge on any atom is 0.223 e. The van der Waals surface area contributed by atoms with Crippen molar-refractivity contribution in [2.75, 3.05) is 0 Å². The fourth-order valence-electron chi connectivity index (χ4n) is 4.59. The number of amides is 1. The molecule has 0 aromatic rings. The summed E-state index contributed by atoms with van der Waals surface area (Å²) >= 11 is 0. The summed E-state index contributed by atoms with van der Waals surface area (Å²) in [6.07, 6.45) is 8.30. The van der Waals surface area contributed by atoms with E-state index >= 15 is 0 Å². The van der Waals surface area contributed by atoms with Crippen molar-refractivity contribution in [1.29, 1.82) is 0 Å². The summed E-state index contributed by atoms with van der Waals surface area (Å²) in [5.74, 6) is 2.73. The van der Waals surface area contributed by atoms with Crippen LogP contribution in [0.5, 0.6) is 0 Å². The molecule has 3 saturated carbocycles. The van der Waals surface area contributed by atoms with Crippen molar-refractivity contribution in [2.45, 2.75) is 64.0 Å². The smallest absolute Gasteiger partial charge is 0.223 e. The van der Waals surface area contributed by atoms with Crippen LogP contribution in [0.1, 0.15) is 51.9 Å². The quantitative estimate of drug-likeness (QED) is 0.788. The molecule has 3 nitrogen and oxygen atoms in total. The van der Waals surface area contributed by atoms with Gasteiger partial charge in [-0.25, -0.2) is 0 Å². The third kappa shape index (κ3) is 2.42. The standard InChI is InChI=1S/C15H26N2O/c1-9-4-12(8-13(16)5-9)15(18)17-14-7-10-2-3-11(14)6-10/h9-14H,2-8,16H2,1H3,(H,17,18). The number of carbonyl (C=O) groups is 1. The van der Waals surface area contributed by atoms with Crippen molar-refractivity contribution in [1.82, 2.24) is 5.32 Å². The lowest BCUT2D eigenvalue weighted by atomic mass is 9.79. The first-order valence-corrected chi connectivity index (χ1v) is 7.67. The summed E-state index contributed by atoms with van der Waals surface area (Å²) in [6, 6.07) is 0.703. The topological polar surface area (TPSA) is 55.1 Å². The SMILES string of the molecule is CC1CC(N)CC(C(=O)NC2CC3CCC2C3)C1. The average Bonchev–Trinajstić information content (AvgIpc) is 2.89. The summed E-state index contributed by atoms with van der Waals surface area (Å²) in [5.41, 5.74) is 6.04. The van der Waals surface area contributed by atoms with Gasteiger partial charge in [0.15, 0.2) is 0 Å². The van der Waals surface area contributed by atoms with Gasteiger partial charge in [0, 0.05) is 18.0 Å². The summed E-state index contributed by atoms with van der Waals surface area (Å²) in [6.45, 7) is 2.22. The maximum absolute atomic E-state index is 12.4. The van der Waals surface area contributed by atoms with Crippen LogP contribution in [0.15, 0.2) is 0 Å². The molecule has 0 aromatic carbocycles. The molecule has 6 unspecified atom stereocenters. The molecule has 18 heavy (non-hydrogen) atoms. The number of fused-ring (bicyclic) bond motifs is 2. The molecule has 2 bridgehead atoms. The molecule has 3 N–H and O–H groups in total. The highest BCUT2D eigenvalue weighted by Gasteiger charge is 2.41. The van der Waals surface area contributed by atoms with Gasteiger partial charge in [0.05, 0.1) is 0 Å². The molecule has 0 spiro atoms. The Balaban J connectivity index is 1.55. The van der Waals surface area contributed by atoms with Gasteiger partial charge in [-0.15, -0.1) is 0 Å². The van der Waals surface area contributed by atoms with Crippen LogP contribution < -0.4 is 11.1 Å². The van der Waals surface area contributed by atoms with Gasteiger partial charge in [-0.3, -0.25) is 4.79 Å². The fourth-order valence-corrected chi connectivity index (χ4v) is 4.59. The van der Waals surface area contributed by atoms with Crippen molar-refractivity contribution in [3.05, 3.63) is 0 Å². The van der Waals surface area contributed by atoms with Crippen LogP contribution in [0.3, 0.4) is 0 Å². The minimum Gasteiger partial charge on any atom is -0.353 e.